The average Bonchev–Trinajstić information content (AvgIpc) is 3.36. The van der Waals surface area contributed by atoms with Gasteiger partial charge in [-0.3, -0.25) is 9.10 Å². The molecule has 0 radical (unpaired) electrons. The monoisotopic (exact) mass is 576 g/mol. The molecule has 206 valence electrons. The number of rotatable bonds is 11. The molecule has 0 saturated heterocycles. The maximum absolute atomic E-state index is 15.8. The van der Waals surface area contributed by atoms with Crippen LogP contribution in [0.5, 0.6) is 5.75 Å². The molecule has 1 amide bonds. The summed E-state index contributed by atoms with van der Waals surface area (Å²) in [6, 6.07) is 8.54. The number of nitrogens with zero attached hydrogens (tertiary/aromatic N) is 4. The molecule has 0 aliphatic heterocycles. The van der Waals surface area contributed by atoms with E-state index in [-0.39, 0.29) is 29.1 Å². The second-order valence-corrected chi connectivity index (χ2v) is 11.1. The normalized spacial score (nSPS) is 11.4. The minimum atomic E-state index is -4.01. The van der Waals surface area contributed by atoms with Crippen LogP contribution in [-0.4, -0.2) is 48.1 Å². The van der Waals surface area contributed by atoms with Crippen molar-refractivity contribution in [3.8, 4) is 5.75 Å². The number of nitrogens with one attached hydrogen (secondary N) is 2. The van der Waals surface area contributed by atoms with Gasteiger partial charge in [0, 0.05) is 6.54 Å². The maximum Gasteiger partial charge on any atom is 0.269 e. The number of fused-ring (bicyclic) bond motifs is 1. The first-order valence-electron chi connectivity index (χ1n) is 12.0. The third-order valence-corrected chi connectivity index (χ3v) is 8.43. The SMILES string of the molecule is CCCS(=O)(=O)N(Cc1ccc(OC)cc1)c1ccc(F)c(NC(=O)c2snc3c(NCC)ncnc23)c1F. The van der Waals surface area contributed by atoms with Gasteiger partial charge in [-0.25, -0.2) is 27.2 Å². The molecule has 0 bridgehead atoms. The topological polar surface area (TPSA) is 126 Å². The van der Waals surface area contributed by atoms with Gasteiger partial charge in [0.2, 0.25) is 10.0 Å². The van der Waals surface area contributed by atoms with Crippen molar-refractivity contribution in [3.63, 3.8) is 0 Å². The Bertz CT molecular complexity index is 1600. The number of hydrogen-bond donors (Lipinski definition) is 2. The Labute approximate surface area is 228 Å². The van der Waals surface area contributed by atoms with Crippen LogP contribution in [0.4, 0.5) is 26.0 Å². The van der Waals surface area contributed by atoms with Gasteiger partial charge in [0.05, 0.1) is 25.1 Å². The number of halogens is 2. The molecule has 0 fully saturated rings. The molecule has 2 aromatic carbocycles. The van der Waals surface area contributed by atoms with Crippen molar-refractivity contribution in [2.45, 2.75) is 26.8 Å². The van der Waals surface area contributed by atoms with E-state index in [0.29, 0.717) is 29.2 Å². The Hall–Kier alpha value is -3.91. The molecule has 0 atom stereocenters. The summed E-state index contributed by atoms with van der Waals surface area (Å²) in [4.78, 5) is 21.3. The standard InChI is InChI=1S/C25H26F2N6O4S2/c1-4-12-39(35,36)33(13-15-6-8-16(37-3)9-7-15)18-11-10-17(26)20(19(18)27)31-25(34)23-21-22(32-38-23)24(28-5-2)30-14-29-21/h6-11,14H,4-5,12-13H2,1-3H3,(H,31,34)(H,28,29,30). The first kappa shape index (κ1) is 28.1. The first-order valence-corrected chi connectivity index (χ1v) is 14.3. The van der Waals surface area contributed by atoms with E-state index in [0.717, 1.165) is 28.0 Å². The number of sulfonamides is 1. The second-order valence-electron chi connectivity index (χ2n) is 8.34. The summed E-state index contributed by atoms with van der Waals surface area (Å²) in [5, 5.41) is 5.26. The Morgan fingerprint density at radius 1 is 1.08 bits per heavy atom. The van der Waals surface area contributed by atoms with Gasteiger partial charge in [-0.05, 0) is 54.7 Å². The predicted octanol–water partition coefficient (Wildman–Crippen LogP) is 4.80. The number of ether oxygens (including phenoxy) is 1. The van der Waals surface area contributed by atoms with Crippen LogP contribution in [0.1, 0.15) is 35.5 Å². The summed E-state index contributed by atoms with van der Waals surface area (Å²) in [6.45, 7) is 3.89. The molecule has 4 rings (SSSR count). The zero-order chi connectivity index (χ0) is 28.2. The maximum atomic E-state index is 15.8. The predicted molar refractivity (Wildman–Crippen MR) is 147 cm³/mol. The number of amides is 1. The van der Waals surface area contributed by atoms with Gasteiger partial charge in [0.1, 0.15) is 39.5 Å². The third kappa shape index (κ3) is 5.91. The van der Waals surface area contributed by atoms with Crippen LogP contribution >= 0.6 is 11.5 Å². The Morgan fingerprint density at radius 2 is 1.82 bits per heavy atom. The number of carbonyl (C=O) groups is 1. The second kappa shape index (κ2) is 11.9. The summed E-state index contributed by atoms with van der Waals surface area (Å²) >= 11 is 0.802. The molecule has 0 aliphatic rings. The van der Waals surface area contributed by atoms with Crippen LogP contribution in [0, 0.1) is 11.6 Å². The van der Waals surface area contributed by atoms with Crippen LogP contribution in [0.2, 0.25) is 0 Å². The molecule has 2 N–H and O–H groups in total. The summed E-state index contributed by atoms with van der Waals surface area (Å²) < 4.78 is 67.2. The van der Waals surface area contributed by atoms with Crippen molar-refractivity contribution in [1.29, 1.82) is 0 Å². The van der Waals surface area contributed by atoms with Gasteiger partial charge in [0.25, 0.3) is 5.91 Å². The molecule has 4 aromatic rings. The first-order chi connectivity index (χ1) is 18.7. The minimum absolute atomic E-state index is 0.0180. The molecule has 0 unspecified atom stereocenters. The van der Waals surface area contributed by atoms with Gasteiger partial charge < -0.3 is 15.4 Å². The molecule has 0 aliphatic carbocycles. The van der Waals surface area contributed by atoms with Crippen molar-refractivity contribution < 1.29 is 26.7 Å². The zero-order valence-electron chi connectivity index (χ0n) is 21.4. The van der Waals surface area contributed by atoms with Crippen molar-refractivity contribution in [1.82, 2.24) is 14.3 Å². The molecular weight excluding hydrogens is 550 g/mol. The molecule has 14 heteroatoms. The molecule has 10 nitrogen and oxygen atoms in total. The lowest BCUT2D eigenvalue weighted by Gasteiger charge is -2.26. The van der Waals surface area contributed by atoms with Crippen LogP contribution in [-0.2, 0) is 16.6 Å². The third-order valence-electron chi connectivity index (χ3n) is 5.68. The molecule has 0 saturated carbocycles. The quantitative estimate of drug-likeness (QED) is 0.261. The molecule has 0 spiro atoms. The number of hydrogen-bond acceptors (Lipinski definition) is 9. The fourth-order valence-electron chi connectivity index (χ4n) is 3.83. The smallest absolute Gasteiger partial charge is 0.269 e. The average molecular weight is 577 g/mol. The molecule has 2 aromatic heterocycles. The van der Waals surface area contributed by atoms with Gasteiger partial charge >= 0.3 is 0 Å². The summed E-state index contributed by atoms with van der Waals surface area (Å²) in [6.07, 6.45) is 1.53. The van der Waals surface area contributed by atoms with E-state index in [1.54, 1.807) is 31.2 Å². The minimum Gasteiger partial charge on any atom is -0.497 e. The number of methoxy groups -OCH3 is 1. The highest BCUT2D eigenvalue weighted by Crippen LogP contribution is 2.33. The van der Waals surface area contributed by atoms with Gasteiger partial charge in [0.15, 0.2) is 11.6 Å². The van der Waals surface area contributed by atoms with Crippen LogP contribution in [0.25, 0.3) is 11.0 Å². The Balaban J connectivity index is 1.72. The van der Waals surface area contributed by atoms with E-state index in [4.69, 9.17) is 4.74 Å². The number of anilines is 3. The lowest BCUT2D eigenvalue weighted by Crippen LogP contribution is -2.33. The van der Waals surface area contributed by atoms with E-state index in [1.165, 1.54) is 13.4 Å². The van der Waals surface area contributed by atoms with Crippen LogP contribution in [0.3, 0.4) is 0 Å². The largest absolute Gasteiger partial charge is 0.497 e. The lowest BCUT2D eigenvalue weighted by atomic mass is 10.2. The van der Waals surface area contributed by atoms with Gasteiger partial charge in [-0.2, -0.15) is 4.37 Å². The highest BCUT2D eigenvalue weighted by Gasteiger charge is 2.29. The number of aromatic nitrogens is 3. The number of benzene rings is 2. The fourth-order valence-corrected chi connectivity index (χ4v) is 6.08. The molecule has 39 heavy (non-hydrogen) atoms. The van der Waals surface area contributed by atoms with E-state index in [9.17, 15) is 17.6 Å². The zero-order valence-corrected chi connectivity index (χ0v) is 23.0. The lowest BCUT2D eigenvalue weighted by molar-refractivity contribution is 0.103. The van der Waals surface area contributed by atoms with Gasteiger partial charge in [-0.1, -0.05) is 19.1 Å². The van der Waals surface area contributed by atoms with E-state index >= 15 is 4.39 Å². The van der Waals surface area contributed by atoms with Crippen molar-refractivity contribution in [2.24, 2.45) is 0 Å². The molecule has 2 heterocycles. The van der Waals surface area contributed by atoms with Gasteiger partial charge in [-0.15, -0.1) is 0 Å². The Morgan fingerprint density at radius 3 is 2.49 bits per heavy atom. The van der Waals surface area contributed by atoms with E-state index in [2.05, 4.69) is 25.0 Å². The van der Waals surface area contributed by atoms with Crippen molar-refractivity contribution in [3.05, 3.63) is 64.8 Å². The van der Waals surface area contributed by atoms with Crippen molar-refractivity contribution in [2.75, 3.05) is 34.3 Å². The van der Waals surface area contributed by atoms with Crippen molar-refractivity contribution >= 4 is 55.7 Å². The summed E-state index contributed by atoms with van der Waals surface area (Å²) in [5.74, 6) is -2.42. The van der Waals surface area contributed by atoms with Crippen LogP contribution in [0.15, 0.2) is 42.7 Å². The highest BCUT2D eigenvalue weighted by atomic mass is 32.2. The highest BCUT2D eigenvalue weighted by molar-refractivity contribution is 7.92. The summed E-state index contributed by atoms with van der Waals surface area (Å²) in [5.41, 5.74) is -0.0713. The Kier molecular flexibility index (Phi) is 8.55. The fraction of sp³-hybridized carbons (Fsp3) is 0.280. The van der Waals surface area contributed by atoms with Crippen LogP contribution < -0.4 is 19.7 Å². The summed E-state index contributed by atoms with van der Waals surface area (Å²) in [7, 11) is -2.51. The number of carbonyl (C=O) groups excluding carboxylic acids is 1. The molecular formula is C25H26F2N6O4S2. The van der Waals surface area contributed by atoms with E-state index in [1.807, 2.05) is 6.92 Å². The van der Waals surface area contributed by atoms with E-state index < -0.39 is 38.9 Å².